The smallest absolute Gasteiger partial charge is 0.355 e. The second-order valence-electron chi connectivity index (χ2n) is 8.25. The van der Waals surface area contributed by atoms with Crippen LogP contribution in [0.2, 0.25) is 5.02 Å². The predicted molar refractivity (Wildman–Crippen MR) is 141 cm³/mol. The van der Waals surface area contributed by atoms with Gasteiger partial charge >= 0.3 is 5.97 Å². The molecule has 36 heavy (non-hydrogen) atoms. The molecule has 0 aliphatic carbocycles. The van der Waals surface area contributed by atoms with Crippen molar-refractivity contribution in [2.75, 3.05) is 11.5 Å². The summed E-state index contributed by atoms with van der Waals surface area (Å²) >= 11 is 7.32. The molecule has 0 radical (unpaired) electrons. The Kier molecular flexibility index (Phi) is 7.67. The fourth-order valence-corrected chi connectivity index (χ4v) is 4.91. The normalized spacial score (nSPS) is 10.8. The van der Waals surface area contributed by atoms with Crippen LogP contribution in [0.4, 0.5) is 5.13 Å². The summed E-state index contributed by atoms with van der Waals surface area (Å²) in [6.07, 6.45) is 0. The number of carbonyl (C=O) groups excluding carboxylic acids is 3. The number of thiazole rings is 1. The Morgan fingerprint density at radius 2 is 1.75 bits per heavy atom. The number of ether oxygens (including phenoxy) is 1. The van der Waals surface area contributed by atoms with E-state index < -0.39 is 18.5 Å². The van der Waals surface area contributed by atoms with Crippen molar-refractivity contribution in [1.82, 2.24) is 9.97 Å². The zero-order valence-electron chi connectivity index (χ0n) is 20.0. The summed E-state index contributed by atoms with van der Waals surface area (Å²) in [4.78, 5) is 47.0. The number of ketones is 1. The standard InChI is InChI=1S/C27H24ClN3O4S/c1-16-24(18(3)32)17(2)29-25(16)26(34)35-14-23(33)31(13-19-7-5-4-6-8-19)27-30-22(15-36-27)20-9-11-21(28)12-10-20/h4-12,15,29H,13-14H2,1-3H3. The van der Waals surface area contributed by atoms with E-state index in [-0.39, 0.29) is 18.0 Å². The van der Waals surface area contributed by atoms with Gasteiger partial charge in [-0.05, 0) is 44.0 Å². The summed E-state index contributed by atoms with van der Waals surface area (Å²) in [6.45, 7) is 4.62. The van der Waals surface area contributed by atoms with Gasteiger partial charge in [0.05, 0.1) is 12.2 Å². The second kappa shape index (κ2) is 10.9. The molecule has 9 heteroatoms. The van der Waals surface area contributed by atoms with Crippen LogP contribution < -0.4 is 4.90 Å². The topological polar surface area (TPSA) is 92.4 Å². The molecule has 184 valence electrons. The minimum absolute atomic E-state index is 0.148. The summed E-state index contributed by atoms with van der Waals surface area (Å²) in [6, 6.07) is 16.8. The van der Waals surface area contributed by atoms with Crippen molar-refractivity contribution in [2.24, 2.45) is 0 Å². The quantitative estimate of drug-likeness (QED) is 0.227. The van der Waals surface area contributed by atoms with E-state index in [1.165, 1.54) is 23.2 Å². The van der Waals surface area contributed by atoms with Crippen LogP contribution in [0.1, 0.15) is 44.6 Å². The lowest BCUT2D eigenvalue weighted by molar-refractivity contribution is -0.121. The Balaban J connectivity index is 1.55. The number of aromatic nitrogens is 2. The van der Waals surface area contributed by atoms with E-state index in [4.69, 9.17) is 16.3 Å². The van der Waals surface area contributed by atoms with Crippen LogP contribution in [-0.4, -0.2) is 34.2 Å². The number of aryl methyl sites for hydroxylation is 1. The van der Waals surface area contributed by atoms with Crippen LogP contribution in [0.5, 0.6) is 0 Å². The van der Waals surface area contributed by atoms with Gasteiger partial charge in [0, 0.05) is 27.2 Å². The Hall–Kier alpha value is -3.75. The fraction of sp³-hybridized carbons (Fsp3) is 0.185. The molecule has 0 spiro atoms. The number of H-pyrrole nitrogens is 1. The first-order chi connectivity index (χ1) is 17.2. The number of rotatable bonds is 8. The molecule has 2 aromatic carbocycles. The van der Waals surface area contributed by atoms with Gasteiger partial charge in [-0.25, -0.2) is 9.78 Å². The zero-order valence-corrected chi connectivity index (χ0v) is 21.6. The molecule has 2 heterocycles. The summed E-state index contributed by atoms with van der Waals surface area (Å²) < 4.78 is 5.35. The number of benzene rings is 2. The summed E-state index contributed by atoms with van der Waals surface area (Å²) in [5, 5.41) is 2.97. The molecule has 1 amide bonds. The molecule has 0 fully saturated rings. The molecule has 4 aromatic rings. The molecule has 0 atom stereocenters. The van der Waals surface area contributed by atoms with E-state index in [2.05, 4.69) is 9.97 Å². The largest absolute Gasteiger partial charge is 0.451 e. The van der Waals surface area contributed by atoms with Crippen LogP contribution in [0, 0.1) is 13.8 Å². The highest BCUT2D eigenvalue weighted by atomic mass is 35.5. The molecular weight excluding hydrogens is 498 g/mol. The maximum absolute atomic E-state index is 13.3. The maximum atomic E-state index is 13.3. The van der Waals surface area contributed by atoms with Gasteiger partial charge in [-0.15, -0.1) is 11.3 Å². The van der Waals surface area contributed by atoms with Gasteiger partial charge in [0.15, 0.2) is 17.5 Å². The Morgan fingerprint density at radius 3 is 2.39 bits per heavy atom. The van der Waals surface area contributed by atoms with E-state index in [0.717, 1.165) is 11.1 Å². The minimum Gasteiger partial charge on any atom is -0.451 e. The highest BCUT2D eigenvalue weighted by Crippen LogP contribution is 2.29. The van der Waals surface area contributed by atoms with Gasteiger partial charge in [0.25, 0.3) is 5.91 Å². The van der Waals surface area contributed by atoms with Crippen LogP contribution in [0.15, 0.2) is 60.0 Å². The number of nitrogens with zero attached hydrogens (tertiary/aromatic N) is 2. The molecule has 0 aliphatic heterocycles. The number of hydrogen-bond donors (Lipinski definition) is 1. The molecular formula is C27H24ClN3O4S. The number of halogens is 1. The van der Waals surface area contributed by atoms with Crippen molar-refractivity contribution in [3.8, 4) is 11.3 Å². The fourth-order valence-electron chi connectivity index (χ4n) is 3.93. The molecule has 2 aromatic heterocycles. The summed E-state index contributed by atoms with van der Waals surface area (Å²) in [5.41, 5.74) is 4.20. The second-order valence-corrected chi connectivity index (χ2v) is 9.52. The molecule has 0 aliphatic rings. The van der Waals surface area contributed by atoms with Gasteiger partial charge in [-0.3, -0.25) is 14.5 Å². The van der Waals surface area contributed by atoms with E-state index >= 15 is 0 Å². The zero-order chi connectivity index (χ0) is 25.8. The van der Waals surface area contributed by atoms with Gasteiger partial charge < -0.3 is 9.72 Å². The van der Waals surface area contributed by atoms with Crippen LogP contribution in [-0.2, 0) is 16.1 Å². The number of hydrogen-bond acceptors (Lipinski definition) is 6. The third-order valence-corrected chi connectivity index (χ3v) is 6.78. The number of anilines is 1. The maximum Gasteiger partial charge on any atom is 0.355 e. The van der Waals surface area contributed by atoms with E-state index in [9.17, 15) is 14.4 Å². The summed E-state index contributed by atoms with van der Waals surface area (Å²) in [5.74, 6) is -1.26. The average Bonchev–Trinajstić information content (AvgIpc) is 3.46. The number of Topliss-reactive ketones (excluding diaryl/α,β-unsaturated/α-hetero) is 1. The van der Waals surface area contributed by atoms with Gasteiger partial charge in [0.2, 0.25) is 0 Å². The lowest BCUT2D eigenvalue weighted by Gasteiger charge is -2.20. The molecule has 0 saturated carbocycles. The number of amides is 1. The van der Waals surface area contributed by atoms with Crippen molar-refractivity contribution in [2.45, 2.75) is 27.3 Å². The number of carbonyl (C=O) groups is 3. The van der Waals surface area contributed by atoms with Gasteiger partial charge in [0.1, 0.15) is 5.69 Å². The lowest BCUT2D eigenvalue weighted by Crippen LogP contribution is -2.34. The van der Waals surface area contributed by atoms with Crippen molar-refractivity contribution < 1.29 is 19.1 Å². The highest BCUT2D eigenvalue weighted by molar-refractivity contribution is 7.14. The van der Waals surface area contributed by atoms with Crippen LogP contribution >= 0.6 is 22.9 Å². The third-order valence-electron chi connectivity index (χ3n) is 5.67. The first-order valence-electron chi connectivity index (χ1n) is 11.2. The number of esters is 1. The van der Waals surface area contributed by atoms with Crippen molar-refractivity contribution in [1.29, 1.82) is 0 Å². The summed E-state index contributed by atoms with van der Waals surface area (Å²) in [7, 11) is 0. The number of aromatic amines is 1. The Labute approximate surface area is 217 Å². The molecule has 7 nitrogen and oxygen atoms in total. The van der Waals surface area contributed by atoms with Crippen molar-refractivity contribution in [3.63, 3.8) is 0 Å². The third kappa shape index (κ3) is 5.56. The predicted octanol–water partition coefficient (Wildman–Crippen LogP) is 6.00. The Morgan fingerprint density at radius 1 is 1.06 bits per heavy atom. The Bertz CT molecular complexity index is 1410. The van der Waals surface area contributed by atoms with Crippen LogP contribution in [0.3, 0.4) is 0 Å². The minimum atomic E-state index is -0.697. The van der Waals surface area contributed by atoms with E-state index in [1.54, 1.807) is 26.0 Å². The average molecular weight is 522 g/mol. The van der Waals surface area contributed by atoms with Gasteiger partial charge in [-0.2, -0.15) is 0 Å². The molecule has 1 N–H and O–H groups in total. The van der Waals surface area contributed by atoms with E-state index in [1.807, 2.05) is 47.8 Å². The molecule has 0 saturated heterocycles. The van der Waals surface area contributed by atoms with E-state index in [0.29, 0.717) is 32.7 Å². The monoisotopic (exact) mass is 521 g/mol. The van der Waals surface area contributed by atoms with Crippen molar-refractivity contribution in [3.05, 3.63) is 93.1 Å². The van der Waals surface area contributed by atoms with Gasteiger partial charge in [-0.1, -0.05) is 54.1 Å². The SMILES string of the molecule is CC(=O)c1c(C)[nH]c(C(=O)OCC(=O)N(Cc2ccccc2)c2nc(-c3ccc(Cl)cc3)cs2)c1C. The van der Waals surface area contributed by atoms with Crippen molar-refractivity contribution >= 4 is 45.7 Å². The first kappa shape index (κ1) is 25.3. The first-order valence-corrected chi connectivity index (χ1v) is 12.4. The lowest BCUT2D eigenvalue weighted by atomic mass is 10.1. The van der Waals surface area contributed by atoms with Crippen LogP contribution in [0.25, 0.3) is 11.3 Å². The molecule has 4 rings (SSSR count). The highest BCUT2D eigenvalue weighted by Gasteiger charge is 2.25. The molecule has 0 unspecified atom stereocenters. The molecule has 0 bridgehead atoms. The number of nitrogens with one attached hydrogen (secondary N) is 1.